The Labute approximate surface area is 133 Å². The number of hydrogen-bond donors (Lipinski definition) is 1. The number of aryl methyl sites for hydroxylation is 2. The molecule has 2 rings (SSSR count). The summed E-state index contributed by atoms with van der Waals surface area (Å²) < 4.78 is 0. The van der Waals surface area contributed by atoms with Crippen molar-refractivity contribution in [2.45, 2.75) is 25.4 Å². The molecule has 1 heterocycles. The highest BCUT2D eigenvalue weighted by Gasteiger charge is 2.03. The van der Waals surface area contributed by atoms with Gasteiger partial charge in [0.25, 0.3) is 0 Å². The number of hydrogen-bond acceptors (Lipinski definition) is 3. The van der Waals surface area contributed by atoms with E-state index in [1.54, 1.807) is 17.4 Å². The molecular weight excluding hydrogens is 300 g/mol. The zero-order chi connectivity index (χ0) is 15.2. The Balaban J connectivity index is 1.94. The Hall–Kier alpha value is -1.52. The summed E-state index contributed by atoms with van der Waals surface area (Å²) >= 11 is 3.54. The van der Waals surface area contributed by atoms with Gasteiger partial charge in [0.15, 0.2) is 0 Å². The Kier molecular flexibility index (Phi) is 5.65. The molecule has 1 aromatic heterocycles. The fourth-order valence-electron chi connectivity index (χ4n) is 2.19. The van der Waals surface area contributed by atoms with Crippen LogP contribution >= 0.6 is 23.1 Å². The van der Waals surface area contributed by atoms with Gasteiger partial charge in [-0.2, -0.15) is 11.8 Å². The van der Waals surface area contributed by atoms with E-state index in [4.69, 9.17) is 5.11 Å². The number of benzene rings is 1. The largest absolute Gasteiger partial charge is 0.478 e. The van der Waals surface area contributed by atoms with Crippen LogP contribution in [0.4, 0.5) is 0 Å². The van der Waals surface area contributed by atoms with E-state index in [1.165, 1.54) is 27.6 Å². The molecule has 4 heteroatoms. The van der Waals surface area contributed by atoms with E-state index in [1.807, 2.05) is 23.2 Å². The van der Waals surface area contributed by atoms with E-state index in [0.717, 1.165) is 17.1 Å². The molecular formula is C17H18O2S2. The van der Waals surface area contributed by atoms with Crippen LogP contribution in [-0.4, -0.2) is 11.1 Å². The van der Waals surface area contributed by atoms with E-state index in [9.17, 15) is 4.79 Å². The highest BCUT2D eigenvalue weighted by molar-refractivity contribution is 7.97. The molecule has 2 aromatic rings. The number of carboxylic acids is 1. The zero-order valence-corrected chi connectivity index (χ0v) is 13.8. The summed E-state index contributed by atoms with van der Waals surface area (Å²) in [6, 6.07) is 8.60. The molecule has 1 N–H and O–H groups in total. The third-order valence-corrected chi connectivity index (χ3v) is 5.12. The van der Waals surface area contributed by atoms with Crippen molar-refractivity contribution in [3.63, 3.8) is 0 Å². The molecule has 0 aliphatic carbocycles. The maximum absolute atomic E-state index is 10.6. The van der Waals surface area contributed by atoms with E-state index in [0.29, 0.717) is 0 Å². The topological polar surface area (TPSA) is 37.3 Å². The van der Waals surface area contributed by atoms with Gasteiger partial charge in [-0.15, -0.1) is 11.3 Å². The minimum absolute atomic E-state index is 0.907. The molecule has 0 radical (unpaired) electrons. The predicted molar refractivity (Wildman–Crippen MR) is 91.9 cm³/mol. The fourth-order valence-corrected chi connectivity index (χ4v) is 4.22. The van der Waals surface area contributed by atoms with Crippen molar-refractivity contribution >= 4 is 35.1 Å². The molecule has 21 heavy (non-hydrogen) atoms. The van der Waals surface area contributed by atoms with Crippen LogP contribution in [-0.2, 0) is 16.3 Å². The SMILES string of the molecule is Cc1cc(C)cc(CSCc2sccc2/C=C/C(=O)O)c1. The first-order valence-electron chi connectivity index (χ1n) is 6.67. The number of thioether (sulfide) groups is 1. The molecule has 0 saturated carbocycles. The molecule has 0 spiro atoms. The van der Waals surface area contributed by atoms with Crippen LogP contribution in [0.5, 0.6) is 0 Å². The quantitative estimate of drug-likeness (QED) is 0.770. The van der Waals surface area contributed by atoms with E-state index >= 15 is 0 Å². The lowest BCUT2D eigenvalue weighted by Gasteiger charge is -2.05. The minimum atomic E-state index is -0.907. The summed E-state index contributed by atoms with van der Waals surface area (Å²) in [4.78, 5) is 11.8. The van der Waals surface area contributed by atoms with Gasteiger partial charge in [-0.25, -0.2) is 4.79 Å². The van der Waals surface area contributed by atoms with Gasteiger partial charge in [0, 0.05) is 22.5 Å². The van der Waals surface area contributed by atoms with Crippen molar-refractivity contribution < 1.29 is 9.90 Å². The summed E-state index contributed by atoms with van der Waals surface area (Å²) in [5.41, 5.74) is 4.95. The van der Waals surface area contributed by atoms with Crippen molar-refractivity contribution in [3.05, 3.63) is 62.9 Å². The predicted octanol–water partition coefficient (Wildman–Crippen LogP) is 4.90. The van der Waals surface area contributed by atoms with Crippen LogP contribution in [0.15, 0.2) is 35.7 Å². The lowest BCUT2D eigenvalue weighted by Crippen LogP contribution is -1.88. The van der Waals surface area contributed by atoms with Gasteiger partial charge in [0.2, 0.25) is 0 Å². The second kappa shape index (κ2) is 7.48. The van der Waals surface area contributed by atoms with Crippen molar-refractivity contribution in [2.24, 2.45) is 0 Å². The maximum atomic E-state index is 10.6. The zero-order valence-electron chi connectivity index (χ0n) is 12.1. The second-order valence-corrected chi connectivity index (χ2v) is 6.95. The minimum Gasteiger partial charge on any atom is -0.478 e. The van der Waals surface area contributed by atoms with Gasteiger partial charge in [-0.1, -0.05) is 29.3 Å². The number of aliphatic carboxylic acids is 1. The lowest BCUT2D eigenvalue weighted by atomic mass is 10.1. The average Bonchev–Trinajstić information content (AvgIpc) is 2.83. The van der Waals surface area contributed by atoms with Gasteiger partial charge in [-0.3, -0.25) is 0 Å². The highest BCUT2D eigenvalue weighted by Crippen LogP contribution is 2.26. The second-order valence-electron chi connectivity index (χ2n) is 4.96. The molecule has 0 fully saturated rings. The Morgan fingerprint density at radius 1 is 1.24 bits per heavy atom. The number of thiophene rings is 1. The van der Waals surface area contributed by atoms with Crippen molar-refractivity contribution in [1.82, 2.24) is 0 Å². The van der Waals surface area contributed by atoms with Gasteiger partial charge >= 0.3 is 5.97 Å². The molecule has 0 aliphatic rings. The first kappa shape index (κ1) is 15.9. The van der Waals surface area contributed by atoms with Crippen LogP contribution in [0.2, 0.25) is 0 Å². The average molecular weight is 318 g/mol. The normalized spacial score (nSPS) is 11.1. The van der Waals surface area contributed by atoms with Crippen LogP contribution < -0.4 is 0 Å². The Morgan fingerprint density at radius 2 is 1.95 bits per heavy atom. The standard InChI is InChI=1S/C17H18O2S2/c1-12-7-13(2)9-14(8-12)10-20-11-16-15(5-6-21-16)3-4-17(18)19/h3-9H,10-11H2,1-2H3,(H,18,19)/b4-3+. The molecule has 0 unspecified atom stereocenters. The van der Waals surface area contributed by atoms with Crippen LogP contribution in [0, 0.1) is 13.8 Å². The molecule has 0 saturated heterocycles. The monoisotopic (exact) mass is 318 g/mol. The summed E-state index contributed by atoms with van der Waals surface area (Å²) in [5.74, 6) is 0.974. The Morgan fingerprint density at radius 3 is 2.62 bits per heavy atom. The molecule has 0 bridgehead atoms. The summed E-state index contributed by atoms with van der Waals surface area (Å²) in [5, 5.41) is 10.7. The third-order valence-electron chi connectivity index (χ3n) is 2.97. The van der Waals surface area contributed by atoms with Crippen LogP contribution in [0.3, 0.4) is 0 Å². The first-order valence-corrected chi connectivity index (χ1v) is 8.70. The van der Waals surface area contributed by atoms with Gasteiger partial charge in [0.1, 0.15) is 0 Å². The van der Waals surface area contributed by atoms with Gasteiger partial charge in [0.05, 0.1) is 0 Å². The van der Waals surface area contributed by atoms with Crippen molar-refractivity contribution in [1.29, 1.82) is 0 Å². The summed E-state index contributed by atoms with van der Waals surface area (Å²) in [6.07, 6.45) is 2.87. The van der Waals surface area contributed by atoms with Crippen LogP contribution in [0.25, 0.3) is 6.08 Å². The van der Waals surface area contributed by atoms with Gasteiger partial charge < -0.3 is 5.11 Å². The third kappa shape index (κ3) is 5.06. The highest BCUT2D eigenvalue weighted by atomic mass is 32.2. The summed E-state index contributed by atoms with van der Waals surface area (Å²) in [6.45, 7) is 4.24. The molecule has 1 aromatic carbocycles. The van der Waals surface area contributed by atoms with E-state index in [2.05, 4.69) is 32.0 Å². The molecule has 2 nitrogen and oxygen atoms in total. The lowest BCUT2D eigenvalue weighted by molar-refractivity contribution is -0.131. The van der Waals surface area contributed by atoms with Crippen molar-refractivity contribution in [3.8, 4) is 0 Å². The molecule has 0 amide bonds. The van der Waals surface area contributed by atoms with Crippen LogP contribution in [0.1, 0.15) is 27.1 Å². The molecule has 0 aliphatic heterocycles. The number of carbonyl (C=O) groups is 1. The van der Waals surface area contributed by atoms with E-state index < -0.39 is 5.97 Å². The summed E-state index contributed by atoms with van der Waals surface area (Å²) in [7, 11) is 0. The number of carboxylic acid groups (broad SMARTS) is 1. The molecule has 0 atom stereocenters. The Bertz CT molecular complexity index is 636. The smallest absolute Gasteiger partial charge is 0.328 e. The first-order chi connectivity index (χ1) is 10.0. The molecule has 110 valence electrons. The van der Waals surface area contributed by atoms with E-state index in [-0.39, 0.29) is 0 Å². The maximum Gasteiger partial charge on any atom is 0.328 e. The fraction of sp³-hybridized carbons (Fsp3) is 0.235. The van der Waals surface area contributed by atoms with Crippen molar-refractivity contribution in [2.75, 3.05) is 0 Å². The number of rotatable bonds is 6. The van der Waals surface area contributed by atoms with Gasteiger partial charge in [-0.05, 0) is 42.5 Å².